The predicted octanol–water partition coefficient (Wildman–Crippen LogP) is 2.12. The van der Waals surface area contributed by atoms with Crippen molar-refractivity contribution in [2.75, 3.05) is 12.4 Å². The Bertz CT molecular complexity index is 668. The van der Waals surface area contributed by atoms with Gasteiger partial charge in [-0.1, -0.05) is 20.8 Å². The molecule has 0 saturated heterocycles. The maximum atomic E-state index is 12.2. The molecule has 2 amide bonds. The van der Waals surface area contributed by atoms with Gasteiger partial charge in [0.2, 0.25) is 11.8 Å². The monoisotopic (exact) mass is 318 g/mol. The molecule has 7 nitrogen and oxygen atoms in total. The summed E-state index contributed by atoms with van der Waals surface area (Å²) < 4.78 is 6.72. The van der Waals surface area contributed by atoms with Crippen LogP contribution in [-0.4, -0.2) is 33.5 Å². The lowest BCUT2D eigenvalue weighted by molar-refractivity contribution is -0.131. The molecular weight excluding hydrogens is 296 g/mol. The first-order valence-corrected chi connectivity index (χ1v) is 7.36. The van der Waals surface area contributed by atoms with Crippen LogP contribution in [0.2, 0.25) is 0 Å². The van der Waals surface area contributed by atoms with E-state index in [0.717, 1.165) is 5.76 Å². The number of aromatic nitrogens is 2. The third-order valence-electron chi connectivity index (χ3n) is 3.27. The molecule has 2 aromatic rings. The average Bonchev–Trinajstić information content (AvgIpc) is 3.09. The highest BCUT2D eigenvalue weighted by molar-refractivity contribution is 5.94. The number of nitrogens with zero attached hydrogens (tertiary/aromatic N) is 3. The second-order valence-electron chi connectivity index (χ2n) is 6.46. The number of furan rings is 1. The maximum absolute atomic E-state index is 12.2. The van der Waals surface area contributed by atoms with Gasteiger partial charge in [0.05, 0.1) is 24.7 Å². The van der Waals surface area contributed by atoms with Gasteiger partial charge in [0.1, 0.15) is 12.3 Å². The fourth-order valence-electron chi connectivity index (χ4n) is 1.82. The van der Waals surface area contributed by atoms with E-state index in [0.29, 0.717) is 12.2 Å². The molecule has 0 atom stereocenters. The van der Waals surface area contributed by atoms with E-state index in [1.54, 1.807) is 30.5 Å². The Balaban J connectivity index is 1.90. The molecule has 0 fully saturated rings. The van der Waals surface area contributed by atoms with Gasteiger partial charge in [-0.15, -0.1) is 0 Å². The molecule has 1 N–H and O–H groups in total. The number of nitrogens with one attached hydrogen (secondary N) is 1. The number of rotatable bonds is 5. The zero-order chi connectivity index (χ0) is 17.0. The fraction of sp³-hybridized carbons (Fsp3) is 0.438. The summed E-state index contributed by atoms with van der Waals surface area (Å²) in [4.78, 5) is 25.6. The smallest absolute Gasteiger partial charge is 0.244 e. The van der Waals surface area contributed by atoms with Crippen LogP contribution in [0.15, 0.2) is 35.2 Å². The summed E-state index contributed by atoms with van der Waals surface area (Å²) in [6.07, 6.45) is 4.75. The number of hydrogen-bond donors (Lipinski definition) is 1. The Hall–Kier alpha value is -2.57. The summed E-state index contributed by atoms with van der Waals surface area (Å²) >= 11 is 0. The number of likely N-dealkylation sites (N-methyl/N-ethyl adjacent to an activating group) is 1. The molecule has 2 aromatic heterocycles. The highest BCUT2D eigenvalue weighted by Gasteiger charge is 2.21. The van der Waals surface area contributed by atoms with Gasteiger partial charge in [-0.25, -0.2) is 0 Å². The Labute approximate surface area is 135 Å². The number of amides is 2. The molecule has 0 spiro atoms. The highest BCUT2D eigenvalue weighted by atomic mass is 16.3. The van der Waals surface area contributed by atoms with E-state index < -0.39 is 5.41 Å². The van der Waals surface area contributed by atoms with Crippen LogP contribution in [0.4, 0.5) is 5.69 Å². The van der Waals surface area contributed by atoms with Crippen LogP contribution >= 0.6 is 0 Å². The predicted molar refractivity (Wildman–Crippen MR) is 85.5 cm³/mol. The van der Waals surface area contributed by atoms with Gasteiger partial charge < -0.3 is 14.6 Å². The molecule has 0 aliphatic heterocycles. The SMILES string of the molecule is CN(Cc1ccco1)C(=O)Cn1cc(NC(=O)C(C)(C)C)cn1. The highest BCUT2D eigenvalue weighted by Crippen LogP contribution is 2.16. The summed E-state index contributed by atoms with van der Waals surface area (Å²) in [6, 6.07) is 3.60. The first-order valence-electron chi connectivity index (χ1n) is 7.36. The molecule has 0 unspecified atom stereocenters. The zero-order valence-electron chi connectivity index (χ0n) is 13.9. The molecule has 2 heterocycles. The fourth-order valence-corrected chi connectivity index (χ4v) is 1.82. The molecule has 0 radical (unpaired) electrons. The molecule has 0 aliphatic carbocycles. The normalized spacial score (nSPS) is 11.3. The second kappa shape index (κ2) is 6.68. The van der Waals surface area contributed by atoms with E-state index in [2.05, 4.69) is 10.4 Å². The third-order valence-corrected chi connectivity index (χ3v) is 3.27. The van der Waals surface area contributed by atoms with Gasteiger partial charge in [0.15, 0.2) is 0 Å². The summed E-state index contributed by atoms with van der Waals surface area (Å²) in [5.41, 5.74) is 0.0904. The topological polar surface area (TPSA) is 80.4 Å². The zero-order valence-corrected chi connectivity index (χ0v) is 13.9. The Morgan fingerprint density at radius 1 is 1.39 bits per heavy atom. The lowest BCUT2D eigenvalue weighted by atomic mass is 9.96. The minimum atomic E-state index is -0.485. The minimum Gasteiger partial charge on any atom is -0.467 e. The van der Waals surface area contributed by atoms with Crippen LogP contribution < -0.4 is 5.32 Å². The molecular formula is C16H22N4O3. The van der Waals surface area contributed by atoms with Crippen molar-refractivity contribution in [1.82, 2.24) is 14.7 Å². The Morgan fingerprint density at radius 3 is 2.74 bits per heavy atom. The van der Waals surface area contributed by atoms with Crippen molar-refractivity contribution < 1.29 is 14.0 Å². The first-order chi connectivity index (χ1) is 10.8. The molecule has 2 rings (SSSR count). The maximum Gasteiger partial charge on any atom is 0.244 e. The van der Waals surface area contributed by atoms with Crippen molar-refractivity contribution in [3.05, 3.63) is 36.5 Å². The molecule has 0 aromatic carbocycles. The largest absolute Gasteiger partial charge is 0.467 e. The van der Waals surface area contributed by atoms with E-state index in [1.165, 1.54) is 10.9 Å². The first kappa shape index (κ1) is 16.8. The van der Waals surface area contributed by atoms with Crippen LogP contribution in [0.25, 0.3) is 0 Å². The van der Waals surface area contributed by atoms with Gasteiger partial charge in [-0.05, 0) is 12.1 Å². The van der Waals surface area contributed by atoms with E-state index in [9.17, 15) is 9.59 Å². The van der Waals surface area contributed by atoms with E-state index in [-0.39, 0.29) is 18.4 Å². The number of carbonyl (C=O) groups is 2. The van der Waals surface area contributed by atoms with E-state index in [1.807, 2.05) is 26.8 Å². The number of anilines is 1. The quantitative estimate of drug-likeness (QED) is 0.915. The average molecular weight is 318 g/mol. The van der Waals surface area contributed by atoms with Crippen molar-refractivity contribution in [2.24, 2.45) is 5.41 Å². The summed E-state index contributed by atoms with van der Waals surface area (Å²) in [5.74, 6) is 0.524. The lowest BCUT2D eigenvalue weighted by Crippen LogP contribution is -2.29. The van der Waals surface area contributed by atoms with Crippen LogP contribution in [0, 0.1) is 5.41 Å². The van der Waals surface area contributed by atoms with Crippen LogP contribution in [0.5, 0.6) is 0 Å². The molecule has 0 saturated carbocycles. The van der Waals surface area contributed by atoms with Crippen LogP contribution in [0.3, 0.4) is 0 Å². The van der Waals surface area contributed by atoms with Crippen molar-refractivity contribution in [2.45, 2.75) is 33.9 Å². The van der Waals surface area contributed by atoms with Crippen molar-refractivity contribution in [3.63, 3.8) is 0 Å². The van der Waals surface area contributed by atoms with Gasteiger partial charge in [-0.3, -0.25) is 14.3 Å². The van der Waals surface area contributed by atoms with E-state index in [4.69, 9.17) is 4.42 Å². The van der Waals surface area contributed by atoms with E-state index >= 15 is 0 Å². The van der Waals surface area contributed by atoms with Crippen molar-refractivity contribution in [1.29, 1.82) is 0 Å². The molecule has 0 bridgehead atoms. The number of carbonyl (C=O) groups excluding carboxylic acids is 2. The third kappa shape index (κ3) is 4.70. The van der Waals surface area contributed by atoms with Gasteiger partial charge in [-0.2, -0.15) is 5.10 Å². The molecule has 124 valence electrons. The lowest BCUT2D eigenvalue weighted by Gasteiger charge is -2.16. The summed E-state index contributed by atoms with van der Waals surface area (Å²) in [6.45, 7) is 6.00. The van der Waals surface area contributed by atoms with Gasteiger partial charge in [0.25, 0.3) is 0 Å². The van der Waals surface area contributed by atoms with Gasteiger partial charge in [0, 0.05) is 18.7 Å². The Morgan fingerprint density at radius 2 is 2.13 bits per heavy atom. The Kier molecular flexibility index (Phi) is 4.88. The van der Waals surface area contributed by atoms with Crippen molar-refractivity contribution in [3.8, 4) is 0 Å². The van der Waals surface area contributed by atoms with Crippen molar-refractivity contribution >= 4 is 17.5 Å². The van der Waals surface area contributed by atoms with Gasteiger partial charge >= 0.3 is 0 Å². The van der Waals surface area contributed by atoms with Crippen LogP contribution in [-0.2, 0) is 22.7 Å². The summed E-state index contributed by atoms with van der Waals surface area (Å²) in [7, 11) is 1.71. The second-order valence-corrected chi connectivity index (χ2v) is 6.46. The van der Waals surface area contributed by atoms with Crippen LogP contribution in [0.1, 0.15) is 26.5 Å². The summed E-state index contributed by atoms with van der Waals surface area (Å²) in [5, 5.41) is 6.88. The minimum absolute atomic E-state index is 0.0988. The molecule has 0 aliphatic rings. The standard InChI is InChI=1S/C16H22N4O3/c1-16(2,3)15(22)18-12-8-17-20(9-12)11-14(21)19(4)10-13-6-5-7-23-13/h5-9H,10-11H2,1-4H3,(H,18,22). The number of hydrogen-bond acceptors (Lipinski definition) is 4. The molecule has 7 heteroatoms. The molecule has 23 heavy (non-hydrogen) atoms.